The van der Waals surface area contributed by atoms with Crippen LogP contribution in [0, 0.1) is 0 Å². The maximum atomic E-state index is 4.88. The van der Waals surface area contributed by atoms with Crippen molar-refractivity contribution in [3.05, 3.63) is 67.0 Å². The summed E-state index contributed by atoms with van der Waals surface area (Å²) < 4.78 is 0. The first-order valence-corrected chi connectivity index (χ1v) is 11.6. The summed E-state index contributed by atoms with van der Waals surface area (Å²) in [5.74, 6) is 0. The zero-order valence-electron chi connectivity index (χ0n) is 10.8. The average molecular weight is 499 g/mol. The van der Waals surface area contributed by atoms with Gasteiger partial charge in [-0.25, -0.2) is 4.98 Å². The summed E-state index contributed by atoms with van der Waals surface area (Å²) in [4.78, 5) is 13.2. The second kappa shape index (κ2) is 8.88. The molecule has 21 heavy (non-hydrogen) atoms. The molecule has 0 bridgehead atoms. The normalized spacial score (nSPS) is 9.81. The van der Waals surface area contributed by atoms with Crippen LogP contribution < -0.4 is 0 Å². The summed E-state index contributed by atoms with van der Waals surface area (Å²) in [7, 11) is 9.75. The van der Waals surface area contributed by atoms with Gasteiger partial charge in [-0.15, -0.1) is 0 Å². The monoisotopic (exact) mass is 498 g/mol. The third-order valence-corrected chi connectivity index (χ3v) is 2.60. The fraction of sp³-hybridized carbons (Fsp3) is 0. The Morgan fingerprint density at radius 3 is 1.43 bits per heavy atom. The van der Waals surface area contributed by atoms with Crippen LogP contribution in [0.25, 0.3) is 22.8 Å². The van der Waals surface area contributed by atoms with Gasteiger partial charge in [0, 0.05) is 12.4 Å². The van der Waals surface area contributed by atoms with Crippen molar-refractivity contribution in [2.45, 2.75) is 0 Å². The summed E-state index contributed by atoms with van der Waals surface area (Å²) in [6, 6.07) is 17.5. The standard InChI is InChI=1S/C15H11N3.2ClH.Pt/c1-3-10-16-12(6-1)14-8-5-9-15(18-14)13-7-2-4-11-17-13;;;/h1-11H;2*1H;/q;;;+2/p-2. The van der Waals surface area contributed by atoms with Crippen LogP contribution in [0.5, 0.6) is 0 Å². The van der Waals surface area contributed by atoms with Crippen molar-refractivity contribution in [2.24, 2.45) is 0 Å². The molecular weight excluding hydrogens is 488 g/mol. The molecule has 0 aliphatic carbocycles. The number of rotatable bonds is 2. The van der Waals surface area contributed by atoms with Crippen LogP contribution in [0.1, 0.15) is 0 Å². The van der Waals surface area contributed by atoms with Gasteiger partial charge < -0.3 is 0 Å². The van der Waals surface area contributed by atoms with Gasteiger partial charge in [0.2, 0.25) is 0 Å². The molecule has 0 N–H and O–H groups in total. The number of halogens is 2. The summed E-state index contributed by atoms with van der Waals surface area (Å²) in [5, 5.41) is 0. The number of aromatic nitrogens is 3. The smallest absolute Gasteiger partial charge is 0.0894 e. The maximum Gasteiger partial charge on any atom is 0.0894 e. The van der Waals surface area contributed by atoms with Gasteiger partial charge >= 0.3 is 35.3 Å². The molecule has 0 radical (unpaired) electrons. The maximum absolute atomic E-state index is 4.88. The Morgan fingerprint density at radius 1 is 0.619 bits per heavy atom. The predicted molar refractivity (Wildman–Crippen MR) is 82.4 cm³/mol. The molecular formula is C15H11Cl2N3Pt. The van der Waals surface area contributed by atoms with Crippen molar-refractivity contribution < 1.29 is 16.5 Å². The first-order chi connectivity index (χ1) is 10.3. The van der Waals surface area contributed by atoms with Crippen LogP contribution in [0.2, 0.25) is 0 Å². The quantitative estimate of drug-likeness (QED) is 0.519. The van der Waals surface area contributed by atoms with Gasteiger partial charge in [-0.2, -0.15) is 0 Å². The summed E-state index contributed by atoms with van der Waals surface area (Å²) in [5.41, 5.74) is 3.46. The van der Waals surface area contributed by atoms with Crippen molar-refractivity contribution in [3.63, 3.8) is 0 Å². The summed E-state index contributed by atoms with van der Waals surface area (Å²) in [6.07, 6.45) is 3.54. The van der Waals surface area contributed by atoms with E-state index in [2.05, 4.69) is 15.0 Å². The third kappa shape index (κ3) is 4.89. The second-order valence-corrected chi connectivity index (χ2v) is 7.17. The minimum atomic E-state index is -0.472. The number of hydrogen-bond donors (Lipinski definition) is 0. The van der Waals surface area contributed by atoms with E-state index in [1.54, 1.807) is 12.4 Å². The van der Waals surface area contributed by atoms with E-state index >= 15 is 0 Å². The van der Waals surface area contributed by atoms with E-state index in [1.165, 1.54) is 0 Å². The topological polar surface area (TPSA) is 38.7 Å². The molecule has 0 atom stereocenters. The van der Waals surface area contributed by atoms with E-state index in [4.69, 9.17) is 18.8 Å². The van der Waals surface area contributed by atoms with Crippen molar-refractivity contribution in [3.8, 4) is 22.8 Å². The Bertz CT molecular complexity index is 611. The molecule has 0 unspecified atom stereocenters. The van der Waals surface area contributed by atoms with Crippen molar-refractivity contribution >= 4 is 18.8 Å². The van der Waals surface area contributed by atoms with Crippen LogP contribution in [0.15, 0.2) is 67.0 Å². The first kappa shape index (κ1) is 16.1. The zero-order chi connectivity index (χ0) is 14.9. The van der Waals surface area contributed by atoms with E-state index < -0.39 is 16.5 Å². The summed E-state index contributed by atoms with van der Waals surface area (Å²) >= 11 is -0.472. The molecule has 0 fully saturated rings. The molecule has 0 aromatic carbocycles. The van der Waals surface area contributed by atoms with Gasteiger partial charge in [0.05, 0.1) is 22.8 Å². The molecule has 6 heteroatoms. The molecule has 0 spiro atoms. The van der Waals surface area contributed by atoms with E-state index in [-0.39, 0.29) is 0 Å². The molecule has 0 aliphatic heterocycles. The molecule has 0 amide bonds. The van der Waals surface area contributed by atoms with E-state index in [1.807, 2.05) is 54.6 Å². The zero-order valence-corrected chi connectivity index (χ0v) is 14.5. The first-order valence-electron chi connectivity index (χ1n) is 5.97. The van der Waals surface area contributed by atoms with Gasteiger partial charge in [0.15, 0.2) is 0 Å². The SMILES string of the molecule is [Cl][Pt][Cl].c1ccc(-c2cccc(-c3ccccn3)n2)nc1. The Hall–Kier alpha value is -1.28. The molecule has 0 saturated carbocycles. The third-order valence-electron chi connectivity index (χ3n) is 2.60. The fourth-order valence-electron chi connectivity index (χ4n) is 1.75. The summed E-state index contributed by atoms with van der Waals surface area (Å²) in [6.45, 7) is 0. The number of hydrogen-bond acceptors (Lipinski definition) is 3. The van der Waals surface area contributed by atoms with Gasteiger partial charge in [0.1, 0.15) is 0 Å². The molecule has 0 aliphatic rings. The van der Waals surface area contributed by atoms with Crippen LogP contribution in [-0.4, -0.2) is 15.0 Å². The Kier molecular flexibility index (Phi) is 6.81. The minimum Gasteiger partial charge on any atom is -0.255 e. The largest absolute Gasteiger partial charge is 0.255 e. The van der Waals surface area contributed by atoms with Crippen molar-refractivity contribution in [2.75, 3.05) is 0 Å². The van der Waals surface area contributed by atoms with Crippen LogP contribution >= 0.6 is 18.8 Å². The van der Waals surface area contributed by atoms with Crippen LogP contribution in [-0.2, 0) is 16.5 Å². The number of nitrogens with zero attached hydrogens (tertiary/aromatic N) is 3. The molecule has 0 saturated heterocycles. The van der Waals surface area contributed by atoms with E-state index in [0.717, 1.165) is 22.8 Å². The van der Waals surface area contributed by atoms with Gasteiger partial charge in [-0.05, 0) is 36.4 Å². The van der Waals surface area contributed by atoms with E-state index in [9.17, 15) is 0 Å². The van der Waals surface area contributed by atoms with Crippen LogP contribution in [0.4, 0.5) is 0 Å². The fourth-order valence-corrected chi connectivity index (χ4v) is 1.75. The van der Waals surface area contributed by atoms with Gasteiger partial charge in [-0.3, -0.25) is 9.97 Å². The number of pyridine rings is 3. The molecule has 3 aromatic rings. The molecule has 3 heterocycles. The Labute approximate surface area is 139 Å². The van der Waals surface area contributed by atoms with E-state index in [0.29, 0.717) is 0 Å². The minimum absolute atomic E-state index is 0.472. The second-order valence-electron chi connectivity index (χ2n) is 3.88. The molecule has 3 aromatic heterocycles. The Morgan fingerprint density at radius 2 is 1.05 bits per heavy atom. The van der Waals surface area contributed by atoms with Crippen molar-refractivity contribution in [1.29, 1.82) is 0 Å². The van der Waals surface area contributed by atoms with Gasteiger partial charge in [-0.1, -0.05) is 18.2 Å². The van der Waals surface area contributed by atoms with Crippen LogP contribution in [0.3, 0.4) is 0 Å². The molecule has 3 rings (SSSR count). The average Bonchev–Trinajstić information content (AvgIpc) is 2.57. The molecule has 110 valence electrons. The Balaban J connectivity index is 0.000000497. The van der Waals surface area contributed by atoms with Gasteiger partial charge in [0.25, 0.3) is 0 Å². The predicted octanol–water partition coefficient (Wildman–Crippen LogP) is 4.58. The van der Waals surface area contributed by atoms with Crippen molar-refractivity contribution in [1.82, 2.24) is 15.0 Å². The molecule has 3 nitrogen and oxygen atoms in total.